The molecule has 2 saturated carbocycles. The smallest absolute Gasteiger partial charge is 0.251 e. The predicted molar refractivity (Wildman–Crippen MR) is 89.6 cm³/mol. The number of halogens is 1. The molecule has 0 aromatic heterocycles. The van der Waals surface area contributed by atoms with Gasteiger partial charge < -0.3 is 5.32 Å². The van der Waals surface area contributed by atoms with E-state index in [-0.39, 0.29) is 16.7 Å². The minimum atomic E-state index is 0.0771. The molecular weight excluding hydrogens is 361 g/mol. The van der Waals surface area contributed by atoms with Crippen LogP contribution in [-0.2, 0) is 0 Å². The Morgan fingerprint density at radius 3 is 2.45 bits per heavy atom. The highest BCUT2D eigenvalue weighted by Crippen LogP contribution is 2.62. The molecule has 20 heavy (non-hydrogen) atoms. The maximum absolute atomic E-state index is 12.5. The second-order valence-electron chi connectivity index (χ2n) is 7.33. The molecule has 1 aromatic carbocycles. The van der Waals surface area contributed by atoms with Gasteiger partial charge in [0.25, 0.3) is 5.91 Å². The second-order valence-corrected chi connectivity index (χ2v) is 8.57. The monoisotopic (exact) mass is 383 g/mol. The van der Waals surface area contributed by atoms with Crippen LogP contribution in [0.3, 0.4) is 0 Å². The third kappa shape index (κ3) is 2.18. The first-order valence-electron chi connectivity index (χ1n) is 7.39. The van der Waals surface area contributed by atoms with Crippen LogP contribution < -0.4 is 5.32 Å². The second kappa shape index (κ2) is 4.72. The zero-order chi connectivity index (χ0) is 14.5. The SMILES string of the molecule is CC12CCC(C1)C(C)(C)C2NC(=O)c1ccc(I)cc1. The Hall–Kier alpha value is -0.580. The molecule has 2 bridgehead atoms. The van der Waals surface area contributed by atoms with Crippen molar-refractivity contribution in [1.29, 1.82) is 0 Å². The van der Waals surface area contributed by atoms with Crippen molar-refractivity contribution in [2.45, 2.75) is 46.1 Å². The van der Waals surface area contributed by atoms with Gasteiger partial charge in [-0.15, -0.1) is 0 Å². The Bertz CT molecular complexity index is 532. The first-order valence-corrected chi connectivity index (χ1v) is 8.47. The molecule has 3 atom stereocenters. The van der Waals surface area contributed by atoms with Gasteiger partial charge in [0.15, 0.2) is 0 Å². The van der Waals surface area contributed by atoms with Crippen LogP contribution in [-0.4, -0.2) is 11.9 Å². The molecule has 3 unspecified atom stereocenters. The predicted octanol–water partition coefficient (Wildman–Crippen LogP) is 4.24. The highest BCUT2D eigenvalue weighted by Gasteiger charge is 2.59. The molecule has 2 aliphatic carbocycles. The van der Waals surface area contributed by atoms with E-state index in [1.54, 1.807) is 0 Å². The van der Waals surface area contributed by atoms with E-state index >= 15 is 0 Å². The van der Waals surface area contributed by atoms with Gasteiger partial charge in [-0.25, -0.2) is 0 Å². The molecule has 3 heteroatoms. The Balaban J connectivity index is 1.80. The quantitative estimate of drug-likeness (QED) is 0.761. The number of carbonyl (C=O) groups is 1. The van der Waals surface area contributed by atoms with Crippen LogP contribution in [0, 0.1) is 20.3 Å². The van der Waals surface area contributed by atoms with Gasteiger partial charge in [-0.2, -0.15) is 0 Å². The van der Waals surface area contributed by atoms with Gasteiger partial charge in [-0.3, -0.25) is 4.79 Å². The third-order valence-electron chi connectivity index (χ3n) is 5.65. The number of fused-ring (bicyclic) bond motifs is 2. The standard InChI is InChI=1S/C17H22INO/c1-16(2)12-8-9-17(3,10-12)15(16)19-14(20)11-4-6-13(18)7-5-11/h4-7,12,15H,8-10H2,1-3H3,(H,19,20). The first-order chi connectivity index (χ1) is 9.33. The van der Waals surface area contributed by atoms with Crippen LogP contribution in [0.2, 0.25) is 0 Å². The van der Waals surface area contributed by atoms with Crippen LogP contribution in [0.4, 0.5) is 0 Å². The van der Waals surface area contributed by atoms with Gasteiger partial charge in [0, 0.05) is 15.2 Å². The molecule has 2 nitrogen and oxygen atoms in total. The summed E-state index contributed by atoms with van der Waals surface area (Å²) in [4.78, 5) is 12.5. The fourth-order valence-corrected chi connectivity index (χ4v) is 4.84. The van der Waals surface area contributed by atoms with E-state index in [9.17, 15) is 4.79 Å². The Morgan fingerprint density at radius 2 is 1.90 bits per heavy atom. The first kappa shape index (κ1) is 14.4. The fraction of sp³-hybridized carbons (Fsp3) is 0.588. The summed E-state index contributed by atoms with van der Waals surface area (Å²) >= 11 is 2.26. The fourth-order valence-electron chi connectivity index (χ4n) is 4.48. The zero-order valence-corrected chi connectivity index (χ0v) is 14.5. The summed E-state index contributed by atoms with van der Waals surface area (Å²) in [6.45, 7) is 6.99. The Kier molecular flexibility index (Phi) is 3.39. The molecule has 108 valence electrons. The summed E-state index contributed by atoms with van der Waals surface area (Å²) in [5, 5.41) is 3.34. The van der Waals surface area contributed by atoms with Gasteiger partial charge in [0.2, 0.25) is 0 Å². The summed E-state index contributed by atoms with van der Waals surface area (Å²) in [7, 11) is 0. The lowest BCUT2D eigenvalue weighted by Crippen LogP contribution is -2.52. The summed E-state index contributed by atoms with van der Waals surface area (Å²) < 4.78 is 1.16. The lowest BCUT2D eigenvalue weighted by atomic mass is 9.68. The summed E-state index contributed by atoms with van der Waals surface area (Å²) in [5.74, 6) is 0.836. The molecule has 0 radical (unpaired) electrons. The summed E-state index contributed by atoms with van der Waals surface area (Å²) in [5.41, 5.74) is 1.27. The van der Waals surface area contributed by atoms with Gasteiger partial charge in [-0.1, -0.05) is 20.8 Å². The highest BCUT2D eigenvalue weighted by atomic mass is 127. The van der Waals surface area contributed by atoms with E-state index in [1.807, 2.05) is 24.3 Å². The van der Waals surface area contributed by atoms with Crippen molar-refractivity contribution in [2.75, 3.05) is 0 Å². The molecule has 0 heterocycles. The van der Waals surface area contributed by atoms with Crippen molar-refractivity contribution < 1.29 is 4.79 Å². The molecule has 0 aliphatic heterocycles. The van der Waals surface area contributed by atoms with Crippen molar-refractivity contribution in [3.05, 3.63) is 33.4 Å². The van der Waals surface area contributed by atoms with E-state index in [4.69, 9.17) is 0 Å². The van der Waals surface area contributed by atoms with E-state index in [0.29, 0.717) is 6.04 Å². The molecule has 1 N–H and O–H groups in total. The van der Waals surface area contributed by atoms with Crippen molar-refractivity contribution in [1.82, 2.24) is 5.32 Å². The van der Waals surface area contributed by atoms with Crippen molar-refractivity contribution in [3.63, 3.8) is 0 Å². The van der Waals surface area contributed by atoms with Gasteiger partial charge >= 0.3 is 0 Å². The van der Waals surface area contributed by atoms with Crippen LogP contribution in [0.1, 0.15) is 50.4 Å². The highest BCUT2D eigenvalue weighted by molar-refractivity contribution is 14.1. The Labute approximate surface area is 134 Å². The van der Waals surface area contributed by atoms with Crippen LogP contribution >= 0.6 is 22.6 Å². The van der Waals surface area contributed by atoms with E-state index in [2.05, 4.69) is 48.7 Å². The topological polar surface area (TPSA) is 29.1 Å². The molecule has 1 amide bonds. The van der Waals surface area contributed by atoms with E-state index in [0.717, 1.165) is 15.1 Å². The zero-order valence-electron chi connectivity index (χ0n) is 12.4. The summed E-state index contributed by atoms with van der Waals surface area (Å²) in [6, 6.07) is 8.10. The van der Waals surface area contributed by atoms with Crippen LogP contribution in [0.25, 0.3) is 0 Å². The molecule has 2 fully saturated rings. The minimum absolute atomic E-state index is 0.0771. The molecular formula is C17H22INO. The number of hydrogen-bond donors (Lipinski definition) is 1. The number of benzene rings is 1. The lowest BCUT2D eigenvalue weighted by Gasteiger charge is -2.43. The number of rotatable bonds is 2. The number of amides is 1. The Morgan fingerprint density at radius 1 is 1.25 bits per heavy atom. The van der Waals surface area contributed by atoms with Gasteiger partial charge in [0.05, 0.1) is 0 Å². The van der Waals surface area contributed by atoms with Gasteiger partial charge in [-0.05, 0) is 82.9 Å². The lowest BCUT2D eigenvalue weighted by molar-refractivity contribution is 0.0737. The number of hydrogen-bond acceptors (Lipinski definition) is 1. The molecule has 0 saturated heterocycles. The average molecular weight is 383 g/mol. The van der Waals surface area contributed by atoms with Crippen molar-refractivity contribution >= 4 is 28.5 Å². The summed E-state index contributed by atoms with van der Waals surface area (Å²) in [6.07, 6.45) is 3.83. The molecule has 2 aliphatic rings. The third-order valence-corrected chi connectivity index (χ3v) is 6.37. The molecule has 1 aromatic rings. The maximum Gasteiger partial charge on any atom is 0.251 e. The largest absolute Gasteiger partial charge is 0.348 e. The van der Waals surface area contributed by atoms with Crippen molar-refractivity contribution in [2.24, 2.45) is 16.7 Å². The average Bonchev–Trinajstić information content (AvgIpc) is 2.86. The van der Waals surface area contributed by atoms with E-state index in [1.165, 1.54) is 19.3 Å². The number of carbonyl (C=O) groups excluding carboxylic acids is 1. The normalized spacial score (nSPS) is 34.2. The molecule has 0 spiro atoms. The maximum atomic E-state index is 12.5. The molecule has 3 rings (SSSR count). The van der Waals surface area contributed by atoms with Crippen LogP contribution in [0.15, 0.2) is 24.3 Å². The minimum Gasteiger partial charge on any atom is -0.348 e. The van der Waals surface area contributed by atoms with Crippen molar-refractivity contribution in [3.8, 4) is 0 Å². The van der Waals surface area contributed by atoms with E-state index < -0.39 is 0 Å². The van der Waals surface area contributed by atoms with Crippen LogP contribution in [0.5, 0.6) is 0 Å². The number of nitrogens with one attached hydrogen (secondary N) is 1. The van der Waals surface area contributed by atoms with Gasteiger partial charge in [0.1, 0.15) is 0 Å².